The van der Waals surface area contributed by atoms with Crippen LogP contribution in [0.1, 0.15) is 90.4 Å². The van der Waals surface area contributed by atoms with Gasteiger partial charge in [0.25, 0.3) is 0 Å². The smallest absolute Gasteiger partial charge is 0.303 e. The van der Waals surface area contributed by atoms with Crippen molar-refractivity contribution in [3.05, 3.63) is 12.2 Å². The first-order valence-electron chi connectivity index (χ1n) is 10.7. The molecule has 1 N–H and O–H groups in total. The molecule has 0 spiro atoms. The fourth-order valence-electron chi connectivity index (χ4n) is 4.79. The Morgan fingerprint density at radius 3 is 2.60 bits per heavy atom. The van der Waals surface area contributed by atoms with Crippen molar-refractivity contribution in [3.8, 4) is 0 Å². The second kappa shape index (κ2) is 11.7. The molecule has 3 nitrogen and oxygen atoms in total. The van der Waals surface area contributed by atoms with Crippen LogP contribution in [0.3, 0.4) is 0 Å². The Morgan fingerprint density at radius 2 is 1.80 bits per heavy atom. The Bertz CT molecular complexity index is 404. The molecule has 0 unspecified atom stereocenters. The zero-order chi connectivity index (χ0) is 17.9. The number of aliphatic carboxylic acids is 1. The Balaban J connectivity index is 1.63. The van der Waals surface area contributed by atoms with Gasteiger partial charge in [-0.3, -0.25) is 4.79 Å². The number of hydrogen-bond acceptors (Lipinski definition) is 2. The molecule has 2 fully saturated rings. The first-order chi connectivity index (χ1) is 12.2. The highest BCUT2D eigenvalue weighted by Crippen LogP contribution is 2.51. The molecule has 0 heterocycles. The molecule has 0 radical (unpaired) electrons. The number of allylic oxidation sites excluding steroid dienone is 2. The molecule has 0 amide bonds. The predicted octanol–water partition coefficient (Wildman–Crippen LogP) is 5.98. The third-order valence-corrected chi connectivity index (χ3v) is 6.15. The summed E-state index contributed by atoms with van der Waals surface area (Å²) in [4.78, 5) is 10.5. The average Bonchev–Trinajstić information content (AvgIpc) is 3.19. The van der Waals surface area contributed by atoms with Crippen LogP contribution < -0.4 is 0 Å². The Hall–Kier alpha value is -0.830. The molecule has 0 aromatic rings. The molecule has 144 valence electrons. The maximum absolute atomic E-state index is 10.5. The molecule has 25 heavy (non-hydrogen) atoms. The lowest BCUT2D eigenvalue weighted by atomic mass is 9.84. The van der Waals surface area contributed by atoms with Crippen LogP contribution in [0.5, 0.6) is 0 Å². The van der Waals surface area contributed by atoms with E-state index in [0.717, 1.165) is 37.7 Å². The summed E-state index contributed by atoms with van der Waals surface area (Å²) >= 11 is 0. The molecular weight excluding hydrogens is 312 g/mol. The van der Waals surface area contributed by atoms with Crippen LogP contribution in [0.25, 0.3) is 0 Å². The van der Waals surface area contributed by atoms with Gasteiger partial charge in [-0.25, -0.2) is 0 Å². The molecule has 2 saturated carbocycles. The van der Waals surface area contributed by atoms with E-state index in [1.165, 1.54) is 57.8 Å². The van der Waals surface area contributed by atoms with E-state index in [9.17, 15) is 4.79 Å². The van der Waals surface area contributed by atoms with Crippen molar-refractivity contribution in [2.75, 3.05) is 6.61 Å². The zero-order valence-electron chi connectivity index (χ0n) is 16.1. The van der Waals surface area contributed by atoms with Gasteiger partial charge in [0.15, 0.2) is 0 Å². The van der Waals surface area contributed by atoms with E-state index in [0.29, 0.717) is 12.0 Å². The van der Waals surface area contributed by atoms with Gasteiger partial charge >= 0.3 is 5.97 Å². The summed E-state index contributed by atoms with van der Waals surface area (Å²) in [5.41, 5.74) is 0. The van der Waals surface area contributed by atoms with E-state index < -0.39 is 5.97 Å². The van der Waals surface area contributed by atoms with Gasteiger partial charge < -0.3 is 9.84 Å². The molecule has 0 aliphatic heterocycles. The van der Waals surface area contributed by atoms with Gasteiger partial charge in [-0.15, -0.1) is 0 Å². The predicted molar refractivity (Wildman–Crippen MR) is 103 cm³/mol. The number of hydrogen-bond donors (Lipinski definition) is 1. The maximum atomic E-state index is 10.5. The highest BCUT2D eigenvalue weighted by atomic mass is 16.5. The molecule has 3 heteroatoms. The minimum Gasteiger partial charge on any atom is -0.481 e. The quantitative estimate of drug-likeness (QED) is 0.310. The summed E-state index contributed by atoms with van der Waals surface area (Å²) in [6, 6.07) is 0. The zero-order valence-corrected chi connectivity index (χ0v) is 16.1. The monoisotopic (exact) mass is 350 g/mol. The van der Waals surface area contributed by atoms with Crippen molar-refractivity contribution in [1.82, 2.24) is 0 Å². The van der Waals surface area contributed by atoms with Crippen LogP contribution >= 0.6 is 0 Å². The SMILES string of the molecule is CCCCCCCCO[C@@H]1[C@@H]2CC[C@@H](C2)[C@@H]1CC=CCCCC(=O)O. The van der Waals surface area contributed by atoms with Crippen molar-refractivity contribution in [3.63, 3.8) is 0 Å². The fraction of sp³-hybridized carbons (Fsp3) is 0.864. The minimum atomic E-state index is -0.690. The van der Waals surface area contributed by atoms with E-state index in [4.69, 9.17) is 9.84 Å². The number of ether oxygens (including phenoxy) is 1. The third-order valence-electron chi connectivity index (χ3n) is 6.15. The first-order valence-corrected chi connectivity index (χ1v) is 10.7. The first kappa shape index (κ1) is 20.5. The maximum Gasteiger partial charge on any atom is 0.303 e. The number of carbonyl (C=O) groups is 1. The summed E-state index contributed by atoms with van der Waals surface area (Å²) in [5.74, 6) is 1.68. The highest BCUT2D eigenvalue weighted by molar-refractivity contribution is 5.66. The van der Waals surface area contributed by atoms with E-state index in [1.807, 2.05) is 0 Å². The Morgan fingerprint density at radius 1 is 1.04 bits per heavy atom. The normalized spacial score (nSPS) is 28.2. The van der Waals surface area contributed by atoms with Crippen molar-refractivity contribution < 1.29 is 14.6 Å². The lowest BCUT2D eigenvalue weighted by molar-refractivity contribution is -0.137. The molecule has 2 rings (SSSR count). The van der Waals surface area contributed by atoms with E-state index in [2.05, 4.69) is 19.1 Å². The van der Waals surface area contributed by atoms with Crippen molar-refractivity contribution in [2.24, 2.45) is 17.8 Å². The molecule has 0 saturated heterocycles. The van der Waals surface area contributed by atoms with Gasteiger partial charge in [-0.1, -0.05) is 51.2 Å². The largest absolute Gasteiger partial charge is 0.481 e. The lowest BCUT2D eigenvalue weighted by Crippen LogP contribution is -2.30. The van der Waals surface area contributed by atoms with E-state index in [-0.39, 0.29) is 6.42 Å². The molecule has 0 aromatic heterocycles. The Kier molecular flexibility index (Phi) is 9.60. The number of carboxylic acids is 1. The van der Waals surface area contributed by atoms with Crippen molar-refractivity contribution in [1.29, 1.82) is 0 Å². The van der Waals surface area contributed by atoms with Gasteiger partial charge in [0, 0.05) is 13.0 Å². The highest BCUT2D eigenvalue weighted by Gasteiger charge is 2.47. The molecule has 2 bridgehead atoms. The Labute approximate surface area is 154 Å². The summed E-state index contributed by atoms with van der Waals surface area (Å²) < 4.78 is 6.35. The van der Waals surface area contributed by atoms with E-state index in [1.54, 1.807) is 0 Å². The molecule has 4 atom stereocenters. The second-order valence-corrected chi connectivity index (χ2v) is 8.09. The topological polar surface area (TPSA) is 46.5 Å². The molecule has 2 aliphatic carbocycles. The van der Waals surface area contributed by atoms with Crippen LogP contribution in [0.4, 0.5) is 0 Å². The average molecular weight is 351 g/mol. The van der Waals surface area contributed by atoms with Crippen molar-refractivity contribution in [2.45, 2.75) is 96.5 Å². The van der Waals surface area contributed by atoms with Crippen molar-refractivity contribution >= 4 is 5.97 Å². The standard InChI is InChI=1S/C22H38O3/c1-2-3-4-5-8-11-16-25-22-19-15-14-18(17-19)20(22)12-9-6-7-10-13-21(23)24/h6,9,18-20,22H,2-5,7-8,10-17H2,1H3,(H,23,24)/t18-,19+,20-,22+/m0/s1. The van der Waals surface area contributed by atoms with Gasteiger partial charge in [0.1, 0.15) is 0 Å². The van der Waals surface area contributed by atoms with Crippen LogP contribution in [0, 0.1) is 17.8 Å². The number of fused-ring (bicyclic) bond motifs is 2. The van der Waals surface area contributed by atoms with Gasteiger partial charge in [0.05, 0.1) is 6.10 Å². The summed E-state index contributed by atoms with van der Waals surface area (Å²) in [6.07, 6.45) is 20.1. The number of carboxylic acid groups (broad SMARTS) is 1. The molecule has 2 aliphatic rings. The second-order valence-electron chi connectivity index (χ2n) is 8.09. The van der Waals surface area contributed by atoms with Crippen LogP contribution in [0.2, 0.25) is 0 Å². The summed E-state index contributed by atoms with van der Waals surface area (Å²) in [5, 5.41) is 8.67. The summed E-state index contributed by atoms with van der Waals surface area (Å²) in [6.45, 7) is 3.21. The number of unbranched alkanes of at least 4 members (excludes halogenated alkanes) is 6. The van der Waals surface area contributed by atoms with Gasteiger partial charge in [-0.05, 0) is 62.7 Å². The minimum absolute atomic E-state index is 0.280. The fourth-order valence-corrected chi connectivity index (χ4v) is 4.79. The van der Waals surface area contributed by atoms with Gasteiger partial charge in [0.2, 0.25) is 0 Å². The number of rotatable bonds is 14. The van der Waals surface area contributed by atoms with Crippen LogP contribution in [0.15, 0.2) is 12.2 Å². The van der Waals surface area contributed by atoms with Gasteiger partial charge in [-0.2, -0.15) is 0 Å². The summed E-state index contributed by atoms with van der Waals surface area (Å²) in [7, 11) is 0. The molecule has 0 aromatic carbocycles. The van der Waals surface area contributed by atoms with Crippen LogP contribution in [-0.4, -0.2) is 23.8 Å². The lowest BCUT2D eigenvalue weighted by Gasteiger charge is -2.30. The molecular formula is C22H38O3. The third kappa shape index (κ3) is 7.13. The van der Waals surface area contributed by atoms with E-state index >= 15 is 0 Å². The van der Waals surface area contributed by atoms with Crippen LogP contribution in [-0.2, 0) is 9.53 Å².